The van der Waals surface area contributed by atoms with Crippen LogP contribution in [0.1, 0.15) is 6.92 Å². The van der Waals surface area contributed by atoms with E-state index in [0.717, 1.165) is 26.5 Å². The molecule has 0 bridgehead atoms. The number of nitrogens with one attached hydrogen (secondary N) is 2. The van der Waals surface area contributed by atoms with Crippen LogP contribution in [-0.4, -0.2) is 39.2 Å². The van der Waals surface area contributed by atoms with E-state index in [9.17, 15) is 9.59 Å². The van der Waals surface area contributed by atoms with Crippen LogP contribution in [0, 0.1) is 5.92 Å². The number of nitrogens with zero attached hydrogens (tertiary/aromatic N) is 2. The number of aromatic amines is 1. The van der Waals surface area contributed by atoms with Crippen molar-refractivity contribution in [3.63, 3.8) is 0 Å². The molecule has 0 radical (unpaired) electrons. The highest BCUT2D eigenvalue weighted by Gasteiger charge is 2.32. The van der Waals surface area contributed by atoms with Gasteiger partial charge in [-0.1, -0.05) is 17.8 Å². The zero-order valence-electron chi connectivity index (χ0n) is 14.0. The molecule has 2 N–H and O–H groups in total. The molecule has 0 fully saturated rings. The SMILES string of the molecule is CC1=CC2C(=O)N=C(CSCC(=O)Nc3ccc4[nH]ccc4c3)N=C2S1. The number of hydrogen-bond donors (Lipinski definition) is 2. The third kappa shape index (κ3) is 3.61. The van der Waals surface area contributed by atoms with Crippen LogP contribution in [-0.2, 0) is 9.59 Å². The van der Waals surface area contributed by atoms with Crippen molar-refractivity contribution in [3.05, 3.63) is 41.4 Å². The van der Waals surface area contributed by atoms with Crippen molar-refractivity contribution in [3.8, 4) is 0 Å². The summed E-state index contributed by atoms with van der Waals surface area (Å²) in [6.07, 6.45) is 3.76. The Balaban J connectivity index is 1.30. The van der Waals surface area contributed by atoms with Crippen molar-refractivity contribution in [2.75, 3.05) is 16.8 Å². The average Bonchev–Trinajstić information content (AvgIpc) is 3.20. The number of benzene rings is 1. The van der Waals surface area contributed by atoms with E-state index < -0.39 is 0 Å². The minimum atomic E-state index is -0.305. The van der Waals surface area contributed by atoms with Gasteiger partial charge in [-0.25, -0.2) is 4.99 Å². The fraction of sp³-hybridized carbons (Fsp3) is 0.222. The van der Waals surface area contributed by atoms with E-state index in [2.05, 4.69) is 20.3 Å². The van der Waals surface area contributed by atoms with Gasteiger partial charge in [0.15, 0.2) is 0 Å². The largest absolute Gasteiger partial charge is 0.361 e. The Labute approximate surface area is 158 Å². The highest BCUT2D eigenvalue weighted by molar-refractivity contribution is 8.17. The Morgan fingerprint density at radius 3 is 3.12 bits per heavy atom. The molecule has 1 aromatic heterocycles. The van der Waals surface area contributed by atoms with Crippen LogP contribution < -0.4 is 5.32 Å². The third-order valence-corrected chi connectivity index (χ3v) is 5.92. The van der Waals surface area contributed by atoms with E-state index in [-0.39, 0.29) is 23.5 Å². The molecule has 6 nitrogen and oxygen atoms in total. The number of rotatable bonds is 5. The maximum Gasteiger partial charge on any atom is 0.261 e. The van der Waals surface area contributed by atoms with Crippen molar-refractivity contribution >= 4 is 62.8 Å². The maximum atomic E-state index is 12.1. The summed E-state index contributed by atoms with van der Waals surface area (Å²) in [5.74, 6) is 0.636. The lowest BCUT2D eigenvalue weighted by atomic mass is 10.1. The molecule has 1 unspecified atom stereocenters. The number of hydrogen-bond acceptors (Lipinski definition) is 5. The third-order valence-electron chi connectivity index (χ3n) is 3.98. The number of allylic oxidation sites excluding steroid dienone is 1. The summed E-state index contributed by atoms with van der Waals surface area (Å²) in [5.41, 5.74) is 1.80. The van der Waals surface area contributed by atoms with Gasteiger partial charge in [-0.3, -0.25) is 9.59 Å². The van der Waals surface area contributed by atoms with E-state index in [1.165, 1.54) is 23.5 Å². The van der Waals surface area contributed by atoms with Crippen molar-refractivity contribution in [2.45, 2.75) is 6.92 Å². The number of amidine groups is 1. The Bertz CT molecular complexity index is 990. The van der Waals surface area contributed by atoms with Crippen molar-refractivity contribution in [1.82, 2.24) is 4.98 Å². The highest BCUT2D eigenvalue weighted by Crippen LogP contribution is 2.34. The van der Waals surface area contributed by atoms with Crippen LogP contribution in [0.15, 0.2) is 51.4 Å². The van der Waals surface area contributed by atoms with Crippen molar-refractivity contribution in [2.24, 2.45) is 15.9 Å². The number of aromatic nitrogens is 1. The molecule has 1 aromatic carbocycles. The van der Waals surface area contributed by atoms with E-state index >= 15 is 0 Å². The standard InChI is InChI=1S/C18H16N4O2S2/c1-10-6-13-17(24)21-15(22-18(13)26-10)8-25-9-16(23)20-12-2-3-14-11(7-12)4-5-19-14/h2-7,13,19H,8-9H2,1H3,(H,20,23). The topological polar surface area (TPSA) is 86.7 Å². The summed E-state index contributed by atoms with van der Waals surface area (Å²) in [6, 6.07) is 7.69. The van der Waals surface area contributed by atoms with Gasteiger partial charge in [-0.2, -0.15) is 4.99 Å². The number of H-pyrrole nitrogens is 1. The molecule has 2 aromatic rings. The predicted octanol–water partition coefficient (Wildman–Crippen LogP) is 3.44. The lowest BCUT2D eigenvalue weighted by Gasteiger charge is -2.12. The molecule has 4 rings (SSSR count). The van der Waals surface area contributed by atoms with Crippen LogP contribution in [0.2, 0.25) is 0 Å². The molecule has 8 heteroatoms. The molecule has 0 saturated carbocycles. The molecule has 0 spiro atoms. The summed E-state index contributed by atoms with van der Waals surface area (Å²) >= 11 is 2.91. The summed E-state index contributed by atoms with van der Waals surface area (Å²) in [6.45, 7) is 1.96. The minimum absolute atomic E-state index is 0.0918. The molecule has 132 valence electrons. The van der Waals surface area contributed by atoms with Gasteiger partial charge in [0.05, 0.1) is 16.5 Å². The second kappa shape index (κ2) is 7.13. The predicted molar refractivity (Wildman–Crippen MR) is 109 cm³/mol. The molecule has 2 aliphatic rings. The molecule has 2 amide bonds. The molecule has 0 saturated heterocycles. The lowest BCUT2D eigenvalue weighted by molar-refractivity contribution is -0.118. The lowest BCUT2D eigenvalue weighted by Crippen LogP contribution is -2.24. The van der Waals surface area contributed by atoms with Gasteiger partial charge in [0.25, 0.3) is 5.91 Å². The molecular formula is C18H16N4O2S2. The first-order valence-corrected chi connectivity index (χ1v) is 10.1. The first-order valence-electron chi connectivity index (χ1n) is 8.09. The Morgan fingerprint density at radius 1 is 1.35 bits per heavy atom. The Hall–Kier alpha value is -2.32. The number of carbonyl (C=O) groups is 2. The first-order chi connectivity index (χ1) is 12.6. The Morgan fingerprint density at radius 2 is 2.23 bits per heavy atom. The van der Waals surface area contributed by atoms with Gasteiger partial charge in [0.2, 0.25) is 5.91 Å². The quantitative estimate of drug-likeness (QED) is 0.827. The second-order valence-electron chi connectivity index (χ2n) is 5.99. The Kier molecular flexibility index (Phi) is 4.69. The minimum Gasteiger partial charge on any atom is -0.361 e. The van der Waals surface area contributed by atoms with E-state index in [1.807, 2.05) is 43.5 Å². The summed E-state index contributed by atoms with van der Waals surface area (Å²) in [4.78, 5) is 36.9. The normalized spacial score (nSPS) is 19.0. The van der Waals surface area contributed by atoms with Crippen LogP contribution in [0.25, 0.3) is 10.9 Å². The molecule has 3 heterocycles. The summed E-state index contributed by atoms with van der Waals surface area (Å²) in [5, 5.41) is 4.73. The first kappa shape index (κ1) is 17.1. The molecule has 2 aliphatic heterocycles. The number of anilines is 1. The number of amides is 2. The van der Waals surface area contributed by atoms with Crippen molar-refractivity contribution < 1.29 is 9.59 Å². The second-order valence-corrected chi connectivity index (χ2v) is 8.25. The number of carbonyl (C=O) groups excluding carboxylic acids is 2. The maximum absolute atomic E-state index is 12.1. The fourth-order valence-corrected chi connectivity index (χ4v) is 4.47. The van der Waals surface area contributed by atoms with E-state index in [4.69, 9.17) is 0 Å². The van der Waals surface area contributed by atoms with Gasteiger partial charge >= 0.3 is 0 Å². The summed E-state index contributed by atoms with van der Waals surface area (Å²) < 4.78 is 0. The van der Waals surface area contributed by atoms with Gasteiger partial charge in [0.1, 0.15) is 11.8 Å². The molecule has 1 atom stereocenters. The molecule has 26 heavy (non-hydrogen) atoms. The van der Waals surface area contributed by atoms with E-state index in [1.54, 1.807) is 0 Å². The van der Waals surface area contributed by atoms with Crippen LogP contribution in [0.4, 0.5) is 5.69 Å². The monoisotopic (exact) mass is 384 g/mol. The fourth-order valence-electron chi connectivity index (χ4n) is 2.81. The summed E-state index contributed by atoms with van der Waals surface area (Å²) in [7, 11) is 0. The van der Waals surface area contributed by atoms with E-state index in [0.29, 0.717) is 11.6 Å². The zero-order valence-corrected chi connectivity index (χ0v) is 15.6. The number of thioether (sulfide) groups is 2. The van der Waals surface area contributed by atoms with Crippen LogP contribution in [0.3, 0.4) is 0 Å². The van der Waals surface area contributed by atoms with Crippen LogP contribution >= 0.6 is 23.5 Å². The molecular weight excluding hydrogens is 368 g/mol. The number of fused-ring (bicyclic) bond motifs is 2. The smallest absolute Gasteiger partial charge is 0.261 e. The van der Waals surface area contributed by atoms with Gasteiger partial charge in [-0.15, -0.1) is 11.8 Å². The number of aliphatic imine (C=N–C) groups is 2. The van der Waals surface area contributed by atoms with Gasteiger partial charge in [0, 0.05) is 22.8 Å². The van der Waals surface area contributed by atoms with Crippen LogP contribution in [0.5, 0.6) is 0 Å². The average molecular weight is 384 g/mol. The highest BCUT2D eigenvalue weighted by atomic mass is 32.2. The van der Waals surface area contributed by atoms with Gasteiger partial charge < -0.3 is 10.3 Å². The van der Waals surface area contributed by atoms with Gasteiger partial charge in [-0.05, 0) is 36.1 Å². The molecule has 0 aliphatic carbocycles. The zero-order chi connectivity index (χ0) is 18.1. The van der Waals surface area contributed by atoms with Crippen molar-refractivity contribution in [1.29, 1.82) is 0 Å².